The zero-order chi connectivity index (χ0) is 36.9. The van der Waals surface area contributed by atoms with Crippen molar-refractivity contribution in [1.29, 1.82) is 0 Å². The van der Waals surface area contributed by atoms with Gasteiger partial charge >= 0.3 is 0 Å². The van der Waals surface area contributed by atoms with Gasteiger partial charge in [-0.25, -0.2) is 0 Å². The number of nitrogens with one attached hydrogen (secondary N) is 3. The van der Waals surface area contributed by atoms with Crippen LogP contribution in [0.3, 0.4) is 0 Å². The first-order valence-electron chi connectivity index (χ1n) is 17.8. The molecule has 2 heterocycles. The summed E-state index contributed by atoms with van der Waals surface area (Å²) < 4.78 is 11.2. The largest absolute Gasteiger partial charge is 0.484 e. The van der Waals surface area contributed by atoms with E-state index >= 15 is 0 Å². The lowest BCUT2D eigenvalue weighted by atomic mass is 9.93. The van der Waals surface area contributed by atoms with Gasteiger partial charge in [-0.15, -0.1) is 0 Å². The Morgan fingerprint density at radius 2 is 1.71 bits per heavy atom. The highest BCUT2D eigenvalue weighted by molar-refractivity contribution is 5.93. The maximum atomic E-state index is 14.2. The number of benzene rings is 2. The van der Waals surface area contributed by atoms with Gasteiger partial charge in [0.25, 0.3) is 5.91 Å². The van der Waals surface area contributed by atoms with Crippen molar-refractivity contribution in [2.45, 2.75) is 63.6 Å². The fraction of sp³-hybridized carbons (Fsp3) is 0.553. The van der Waals surface area contributed by atoms with E-state index in [9.17, 15) is 24.0 Å². The minimum Gasteiger partial charge on any atom is -0.484 e. The molecule has 13 heteroatoms. The number of methoxy groups -OCH3 is 1. The van der Waals surface area contributed by atoms with Gasteiger partial charge in [0, 0.05) is 45.5 Å². The molecule has 278 valence electrons. The molecule has 4 atom stereocenters. The quantitative estimate of drug-likeness (QED) is 0.319. The second-order valence-electron chi connectivity index (χ2n) is 14.1. The molecule has 2 aliphatic heterocycles. The summed E-state index contributed by atoms with van der Waals surface area (Å²) in [5.74, 6) is -1.57. The standard InChI is InChI=1S/C38H54N6O7/c1-26(2)19-32-38(49)43(17-18-50-5)24-34(45)39-31(20-27-11-7-6-8-12-27)37(48)41-33-23-44(36(47)15-10-16-42(3)4)22-30(33)28-13-9-14-29(21-28)51-25-35(46)40-32/h6-9,11-14,21,26,30-33H,10,15-20,22-25H2,1-5H3,(H,39,45)(H,40,46)(H,41,48)/t30-,31-,32+,33+/m0/s1. The van der Waals surface area contributed by atoms with Gasteiger partial charge in [-0.05, 0) is 62.7 Å². The summed E-state index contributed by atoms with van der Waals surface area (Å²) in [6.07, 6.45) is 1.65. The summed E-state index contributed by atoms with van der Waals surface area (Å²) in [5, 5.41) is 8.88. The Kier molecular flexibility index (Phi) is 14.8. The molecule has 1 fully saturated rings. The number of ether oxygens (including phenoxy) is 2. The number of rotatable bonds is 11. The van der Waals surface area contributed by atoms with Crippen LogP contribution < -0.4 is 20.7 Å². The second kappa shape index (κ2) is 19.2. The number of carbonyl (C=O) groups is 5. The summed E-state index contributed by atoms with van der Waals surface area (Å²) in [4.78, 5) is 73.4. The molecule has 4 rings (SSSR count). The fourth-order valence-corrected chi connectivity index (χ4v) is 6.55. The molecule has 13 nitrogen and oxygen atoms in total. The van der Waals surface area contributed by atoms with Crippen LogP contribution in [0, 0.1) is 5.92 Å². The van der Waals surface area contributed by atoms with E-state index in [1.165, 1.54) is 12.0 Å². The Morgan fingerprint density at radius 1 is 0.961 bits per heavy atom. The smallest absolute Gasteiger partial charge is 0.258 e. The lowest BCUT2D eigenvalue weighted by Crippen LogP contribution is -2.56. The average Bonchev–Trinajstić information content (AvgIpc) is 3.52. The van der Waals surface area contributed by atoms with Crippen molar-refractivity contribution in [3.63, 3.8) is 0 Å². The van der Waals surface area contributed by atoms with Crippen LogP contribution in [0.1, 0.15) is 50.2 Å². The van der Waals surface area contributed by atoms with Crippen LogP contribution in [0.15, 0.2) is 54.6 Å². The van der Waals surface area contributed by atoms with Crippen molar-refractivity contribution in [2.24, 2.45) is 5.92 Å². The van der Waals surface area contributed by atoms with Gasteiger partial charge in [0.05, 0.1) is 19.2 Å². The first-order valence-corrected chi connectivity index (χ1v) is 17.8. The highest BCUT2D eigenvalue weighted by Gasteiger charge is 2.39. The molecule has 2 aromatic rings. The Morgan fingerprint density at radius 3 is 2.41 bits per heavy atom. The molecule has 0 unspecified atom stereocenters. The maximum Gasteiger partial charge on any atom is 0.258 e. The number of nitrogens with zero attached hydrogens (tertiary/aromatic N) is 3. The third-order valence-electron chi connectivity index (χ3n) is 9.14. The number of carbonyl (C=O) groups excluding carboxylic acids is 5. The molecule has 0 radical (unpaired) electrons. The normalized spacial score (nSPS) is 22.1. The van der Waals surface area contributed by atoms with Crippen molar-refractivity contribution < 1.29 is 33.4 Å². The third kappa shape index (κ3) is 12.1. The van der Waals surface area contributed by atoms with Crippen LogP contribution in [0.25, 0.3) is 0 Å². The third-order valence-corrected chi connectivity index (χ3v) is 9.14. The van der Waals surface area contributed by atoms with Crippen LogP contribution in [0.2, 0.25) is 0 Å². The Bertz CT molecular complexity index is 1490. The molecule has 2 aliphatic rings. The molecule has 2 bridgehead atoms. The van der Waals surface area contributed by atoms with Crippen LogP contribution >= 0.6 is 0 Å². The summed E-state index contributed by atoms with van der Waals surface area (Å²) in [6, 6.07) is 14.4. The molecule has 2 aromatic carbocycles. The molecule has 3 N–H and O–H groups in total. The lowest BCUT2D eigenvalue weighted by molar-refractivity contribution is -0.141. The summed E-state index contributed by atoms with van der Waals surface area (Å²) >= 11 is 0. The zero-order valence-electron chi connectivity index (χ0n) is 30.6. The Hall–Kier alpha value is -4.49. The van der Waals surface area contributed by atoms with Crippen molar-refractivity contribution in [2.75, 3.05) is 67.1 Å². The highest BCUT2D eigenvalue weighted by Crippen LogP contribution is 2.31. The van der Waals surface area contributed by atoms with Crippen LogP contribution in [-0.2, 0) is 35.1 Å². The zero-order valence-corrected chi connectivity index (χ0v) is 30.6. The number of hydrogen-bond acceptors (Lipinski definition) is 8. The van der Waals surface area contributed by atoms with Gasteiger partial charge in [0.15, 0.2) is 6.61 Å². The van der Waals surface area contributed by atoms with Crippen LogP contribution in [0.5, 0.6) is 5.75 Å². The number of likely N-dealkylation sites (tertiary alicyclic amines) is 1. The van der Waals surface area contributed by atoms with Gasteiger partial charge < -0.3 is 40.1 Å². The molecule has 1 saturated heterocycles. The molecule has 51 heavy (non-hydrogen) atoms. The van der Waals surface area contributed by atoms with Crippen molar-refractivity contribution in [1.82, 2.24) is 30.7 Å². The van der Waals surface area contributed by atoms with E-state index < -0.39 is 41.8 Å². The number of amides is 5. The summed E-state index contributed by atoms with van der Waals surface area (Å²) in [6.45, 7) is 4.97. The van der Waals surface area contributed by atoms with Gasteiger partial charge in [0.1, 0.15) is 17.8 Å². The molecule has 5 amide bonds. The number of fused-ring (bicyclic) bond motifs is 4. The van der Waals surface area contributed by atoms with Gasteiger partial charge in [-0.1, -0.05) is 56.3 Å². The van der Waals surface area contributed by atoms with E-state index in [4.69, 9.17) is 9.47 Å². The maximum absolute atomic E-state index is 14.2. The van der Waals surface area contributed by atoms with E-state index in [0.29, 0.717) is 38.1 Å². The lowest BCUT2D eigenvalue weighted by Gasteiger charge is -2.29. The fourth-order valence-electron chi connectivity index (χ4n) is 6.55. The van der Waals surface area contributed by atoms with E-state index in [1.807, 2.05) is 81.4 Å². The minimum atomic E-state index is -0.968. The predicted octanol–water partition coefficient (Wildman–Crippen LogP) is 1.56. The average molecular weight is 707 g/mol. The SMILES string of the molecule is COCCN1CC(=O)N[C@@H](Cc2ccccc2)C(=O)N[C@@H]2CN(C(=O)CCCN(C)C)C[C@H]2c2cccc(c2)OCC(=O)N[C@H](CC(C)C)C1=O. The topological polar surface area (TPSA) is 150 Å². The molecular formula is C38H54N6O7. The van der Waals surface area contributed by atoms with Gasteiger partial charge in [0.2, 0.25) is 23.6 Å². The predicted molar refractivity (Wildman–Crippen MR) is 193 cm³/mol. The van der Waals surface area contributed by atoms with E-state index in [-0.39, 0.29) is 50.5 Å². The van der Waals surface area contributed by atoms with E-state index in [2.05, 4.69) is 16.0 Å². The molecule has 0 aromatic heterocycles. The van der Waals surface area contributed by atoms with E-state index in [1.54, 1.807) is 11.0 Å². The van der Waals surface area contributed by atoms with E-state index in [0.717, 1.165) is 17.7 Å². The molecule has 0 saturated carbocycles. The summed E-state index contributed by atoms with van der Waals surface area (Å²) in [5.41, 5.74) is 1.69. The first-order chi connectivity index (χ1) is 24.4. The van der Waals surface area contributed by atoms with Crippen LogP contribution in [0.4, 0.5) is 0 Å². The van der Waals surface area contributed by atoms with Crippen LogP contribution in [-0.4, -0.2) is 130 Å². The van der Waals surface area contributed by atoms with Crippen molar-refractivity contribution >= 4 is 29.5 Å². The van der Waals surface area contributed by atoms with Gasteiger partial charge in [-0.3, -0.25) is 24.0 Å². The number of hydrogen-bond donors (Lipinski definition) is 3. The highest BCUT2D eigenvalue weighted by atomic mass is 16.5. The summed E-state index contributed by atoms with van der Waals surface area (Å²) in [7, 11) is 5.44. The van der Waals surface area contributed by atoms with Gasteiger partial charge in [-0.2, -0.15) is 0 Å². The van der Waals surface area contributed by atoms with Crippen molar-refractivity contribution in [3.05, 3.63) is 65.7 Å². The molecular weight excluding hydrogens is 652 g/mol. The second-order valence-corrected chi connectivity index (χ2v) is 14.1. The van der Waals surface area contributed by atoms with Crippen molar-refractivity contribution in [3.8, 4) is 5.75 Å². The Balaban J connectivity index is 1.69. The monoisotopic (exact) mass is 706 g/mol. The molecule has 0 spiro atoms. The minimum absolute atomic E-state index is 0.00646. The first kappa shape index (κ1) is 39.3. The Labute approximate surface area is 301 Å². The molecule has 0 aliphatic carbocycles.